The normalized spacial score (nSPS) is 12.1. The number of hydrogen-bond donors (Lipinski definition) is 2. The summed E-state index contributed by atoms with van der Waals surface area (Å²) in [4.78, 5) is 16.6. The SMILES string of the molecule is CNC(CN(C)c1cccnc1)C(=O)O. The molecule has 1 heterocycles. The molecule has 0 aromatic carbocycles. The molecular formula is C10H15N3O2. The molecule has 5 heteroatoms. The van der Waals surface area contributed by atoms with E-state index in [0.29, 0.717) is 6.54 Å². The van der Waals surface area contributed by atoms with Crippen molar-refractivity contribution in [1.29, 1.82) is 0 Å². The van der Waals surface area contributed by atoms with Gasteiger partial charge in [-0.1, -0.05) is 0 Å². The van der Waals surface area contributed by atoms with Crippen molar-refractivity contribution in [2.45, 2.75) is 6.04 Å². The van der Waals surface area contributed by atoms with E-state index >= 15 is 0 Å². The molecule has 0 aliphatic heterocycles. The van der Waals surface area contributed by atoms with Crippen LogP contribution in [-0.4, -0.2) is 42.7 Å². The summed E-state index contributed by atoms with van der Waals surface area (Å²) in [5.41, 5.74) is 0.902. The molecule has 0 radical (unpaired) electrons. The van der Waals surface area contributed by atoms with E-state index in [1.54, 1.807) is 19.4 Å². The van der Waals surface area contributed by atoms with Crippen molar-refractivity contribution in [3.8, 4) is 0 Å². The Labute approximate surface area is 88.7 Å². The number of hydrogen-bond acceptors (Lipinski definition) is 4. The zero-order chi connectivity index (χ0) is 11.3. The van der Waals surface area contributed by atoms with Crippen LogP contribution < -0.4 is 10.2 Å². The van der Waals surface area contributed by atoms with Crippen LogP contribution in [0.5, 0.6) is 0 Å². The monoisotopic (exact) mass is 209 g/mol. The number of aliphatic carboxylic acids is 1. The molecule has 1 aromatic rings. The summed E-state index contributed by atoms with van der Waals surface area (Å²) in [6.45, 7) is 0.400. The van der Waals surface area contributed by atoms with Crippen LogP contribution in [0.2, 0.25) is 0 Å². The van der Waals surface area contributed by atoms with Crippen molar-refractivity contribution >= 4 is 11.7 Å². The molecule has 1 rings (SSSR count). The minimum atomic E-state index is -0.853. The second-order valence-corrected chi connectivity index (χ2v) is 3.27. The number of carboxylic acids is 1. The molecule has 82 valence electrons. The van der Waals surface area contributed by atoms with Crippen molar-refractivity contribution in [3.63, 3.8) is 0 Å². The summed E-state index contributed by atoms with van der Waals surface area (Å²) in [7, 11) is 3.47. The fraction of sp³-hybridized carbons (Fsp3) is 0.400. The molecule has 0 aliphatic rings. The summed E-state index contributed by atoms with van der Waals surface area (Å²) in [5.74, 6) is -0.853. The van der Waals surface area contributed by atoms with Gasteiger partial charge in [-0.3, -0.25) is 9.78 Å². The number of nitrogens with one attached hydrogen (secondary N) is 1. The molecule has 5 nitrogen and oxygen atoms in total. The highest BCUT2D eigenvalue weighted by atomic mass is 16.4. The number of aromatic nitrogens is 1. The van der Waals surface area contributed by atoms with Crippen molar-refractivity contribution in [1.82, 2.24) is 10.3 Å². The molecule has 1 atom stereocenters. The molecule has 15 heavy (non-hydrogen) atoms. The van der Waals surface area contributed by atoms with Crippen LogP contribution in [0.3, 0.4) is 0 Å². The molecular weight excluding hydrogens is 194 g/mol. The first kappa shape index (κ1) is 11.5. The second-order valence-electron chi connectivity index (χ2n) is 3.27. The molecule has 0 bridgehead atoms. The van der Waals surface area contributed by atoms with Crippen LogP contribution in [0, 0.1) is 0 Å². The maximum absolute atomic E-state index is 10.8. The summed E-state index contributed by atoms with van der Waals surface area (Å²) < 4.78 is 0. The second kappa shape index (κ2) is 5.31. The van der Waals surface area contributed by atoms with Gasteiger partial charge in [-0.15, -0.1) is 0 Å². The van der Waals surface area contributed by atoms with Crippen molar-refractivity contribution in [2.24, 2.45) is 0 Å². The third-order valence-electron chi connectivity index (χ3n) is 2.19. The van der Waals surface area contributed by atoms with E-state index in [0.717, 1.165) is 5.69 Å². The van der Waals surface area contributed by atoms with Gasteiger partial charge in [0.05, 0.1) is 11.9 Å². The van der Waals surface area contributed by atoms with Gasteiger partial charge in [0.15, 0.2) is 0 Å². The number of carboxylic acid groups (broad SMARTS) is 1. The van der Waals surface area contributed by atoms with Crippen LogP contribution in [0.4, 0.5) is 5.69 Å². The third kappa shape index (κ3) is 3.21. The van der Waals surface area contributed by atoms with Gasteiger partial charge in [0, 0.05) is 19.8 Å². The molecule has 0 saturated carbocycles. The minimum Gasteiger partial charge on any atom is -0.480 e. The van der Waals surface area contributed by atoms with Gasteiger partial charge in [0.25, 0.3) is 0 Å². The van der Waals surface area contributed by atoms with E-state index in [-0.39, 0.29) is 0 Å². The van der Waals surface area contributed by atoms with Gasteiger partial charge in [-0.25, -0.2) is 0 Å². The molecule has 0 fully saturated rings. The Morgan fingerprint density at radius 3 is 2.93 bits per heavy atom. The average molecular weight is 209 g/mol. The fourth-order valence-corrected chi connectivity index (χ4v) is 1.25. The Kier molecular flexibility index (Phi) is 4.05. The number of anilines is 1. The van der Waals surface area contributed by atoms with Gasteiger partial charge < -0.3 is 15.3 Å². The topological polar surface area (TPSA) is 65.5 Å². The Morgan fingerprint density at radius 2 is 2.47 bits per heavy atom. The highest BCUT2D eigenvalue weighted by Gasteiger charge is 2.17. The van der Waals surface area contributed by atoms with Crippen molar-refractivity contribution < 1.29 is 9.90 Å². The van der Waals surface area contributed by atoms with Crippen LogP contribution >= 0.6 is 0 Å². The lowest BCUT2D eigenvalue weighted by Crippen LogP contribution is -2.43. The smallest absolute Gasteiger partial charge is 0.322 e. The lowest BCUT2D eigenvalue weighted by molar-refractivity contribution is -0.139. The van der Waals surface area contributed by atoms with Gasteiger partial charge in [0.2, 0.25) is 0 Å². The zero-order valence-corrected chi connectivity index (χ0v) is 8.84. The summed E-state index contributed by atoms with van der Waals surface area (Å²) in [6.07, 6.45) is 3.39. The van der Waals surface area contributed by atoms with Crippen LogP contribution in [0.1, 0.15) is 0 Å². The van der Waals surface area contributed by atoms with Crippen molar-refractivity contribution in [2.75, 3.05) is 25.5 Å². The van der Waals surface area contributed by atoms with Gasteiger partial charge in [-0.05, 0) is 19.2 Å². The Hall–Kier alpha value is -1.62. The minimum absolute atomic E-state index is 0.400. The fourth-order valence-electron chi connectivity index (χ4n) is 1.25. The molecule has 0 spiro atoms. The number of nitrogens with zero attached hydrogens (tertiary/aromatic N) is 2. The van der Waals surface area contributed by atoms with Crippen LogP contribution in [0.25, 0.3) is 0 Å². The summed E-state index contributed by atoms with van der Waals surface area (Å²) in [5, 5.41) is 11.6. The van der Waals surface area contributed by atoms with E-state index in [1.807, 2.05) is 24.1 Å². The van der Waals surface area contributed by atoms with E-state index in [4.69, 9.17) is 5.11 Å². The lowest BCUT2D eigenvalue weighted by Gasteiger charge is -2.22. The first-order chi connectivity index (χ1) is 7.15. The van der Waals surface area contributed by atoms with E-state index in [2.05, 4.69) is 10.3 Å². The van der Waals surface area contributed by atoms with Crippen LogP contribution in [-0.2, 0) is 4.79 Å². The maximum atomic E-state index is 10.8. The Balaban J connectivity index is 2.62. The number of rotatable bonds is 5. The van der Waals surface area contributed by atoms with E-state index in [9.17, 15) is 4.79 Å². The highest BCUT2D eigenvalue weighted by molar-refractivity contribution is 5.74. The first-order valence-electron chi connectivity index (χ1n) is 4.66. The van der Waals surface area contributed by atoms with Gasteiger partial charge in [-0.2, -0.15) is 0 Å². The Bertz CT molecular complexity index is 316. The molecule has 0 aliphatic carbocycles. The maximum Gasteiger partial charge on any atom is 0.322 e. The highest BCUT2D eigenvalue weighted by Crippen LogP contribution is 2.09. The predicted octanol–water partition coefficient (Wildman–Crippen LogP) is 0.190. The van der Waals surface area contributed by atoms with E-state index in [1.165, 1.54) is 0 Å². The number of likely N-dealkylation sites (N-methyl/N-ethyl adjacent to an activating group) is 2. The number of carbonyl (C=O) groups is 1. The molecule has 0 saturated heterocycles. The predicted molar refractivity (Wildman–Crippen MR) is 58.0 cm³/mol. The van der Waals surface area contributed by atoms with Gasteiger partial charge in [0.1, 0.15) is 6.04 Å². The largest absolute Gasteiger partial charge is 0.480 e. The Morgan fingerprint density at radius 1 is 1.73 bits per heavy atom. The molecule has 1 unspecified atom stereocenters. The lowest BCUT2D eigenvalue weighted by atomic mass is 10.2. The first-order valence-corrected chi connectivity index (χ1v) is 4.66. The quantitative estimate of drug-likeness (QED) is 0.724. The summed E-state index contributed by atoms with van der Waals surface area (Å²) in [6, 6.07) is 3.14. The third-order valence-corrected chi connectivity index (χ3v) is 2.19. The summed E-state index contributed by atoms with van der Waals surface area (Å²) >= 11 is 0. The molecule has 0 amide bonds. The van der Waals surface area contributed by atoms with Crippen LogP contribution in [0.15, 0.2) is 24.5 Å². The molecule has 2 N–H and O–H groups in total. The molecule has 1 aromatic heterocycles. The average Bonchev–Trinajstić information content (AvgIpc) is 2.26. The van der Waals surface area contributed by atoms with E-state index < -0.39 is 12.0 Å². The zero-order valence-electron chi connectivity index (χ0n) is 8.84. The van der Waals surface area contributed by atoms with Crippen molar-refractivity contribution in [3.05, 3.63) is 24.5 Å². The standard InChI is InChI=1S/C10H15N3O2/c1-11-9(10(14)15)7-13(2)8-4-3-5-12-6-8/h3-6,9,11H,7H2,1-2H3,(H,14,15). The number of pyridine rings is 1. The van der Waals surface area contributed by atoms with Gasteiger partial charge >= 0.3 is 5.97 Å².